The molecule has 0 saturated carbocycles. The Morgan fingerprint density at radius 1 is 0.786 bits per heavy atom. The zero-order valence-electron chi connectivity index (χ0n) is 16.5. The summed E-state index contributed by atoms with van der Waals surface area (Å²) in [5.74, 6) is -0.231. The molecule has 1 atom stereocenters. The van der Waals surface area contributed by atoms with Gasteiger partial charge in [0.15, 0.2) is 0 Å². The van der Waals surface area contributed by atoms with E-state index in [9.17, 15) is 8.78 Å². The number of hydrogen-bond acceptors (Lipinski definition) is 0. The summed E-state index contributed by atoms with van der Waals surface area (Å²) in [6.07, 6.45) is 5.89. The molecule has 0 spiro atoms. The fraction of sp³-hybridized carbons (Fsp3) is 0.231. The summed E-state index contributed by atoms with van der Waals surface area (Å²) < 4.78 is 28.7. The molecule has 0 unspecified atom stereocenters. The van der Waals surface area contributed by atoms with Gasteiger partial charge in [0.2, 0.25) is 0 Å². The second-order valence-electron chi connectivity index (χ2n) is 7.31. The van der Waals surface area contributed by atoms with E-state index in [1.54, 1.807) is 36.4 Å². The first kappa shape index (κ1) is 20.0. The minimum atomic E-state index is -0.281. The largest absolute Gasteiger partial charge is 0.206 e. The summed E-state index contributed by atoms with van der Waals surface area (Å²) in [5.41, 5.74) is 4.13. The topological polar surface area (TPSA) is 0 Å². The van der Waals surface area contributed by atoms with Crippen LogP contribution in [0.2, 0.25) is 0 Å². The van der Waals surface area contributed by atoms with Crippen LogP contribution in [0, 0.1) is 11.6 Å². The fourth-order valence-corrected chi connectivity index (χ4v) is 3.42. The minimum Gasteiger partial charge on any atom is -0.206 e. The lowest BCUT2D eigenvalue weighted by Crippen LogP contribution is -1.99. The van der Waals surface area contributed by atoms with Crippen LogP contribution in [0.3, 0.4) is 0 Å². The van der Waals surface area contributed by atoms with E-state index in [1.165, 1.54) is 5.56 Å². The predicted molar refractivity (Wildman–Crippen MR) is 114 cm³/mol. The van der Waals surface area contributed by atoms with Gasteiger partial charge in [0.25, 0.3) is 0 Å². The standard InChI is InChI=1S/C26H26F2/c1-3-7-20-10-12-23(25(27)17-20)14-15-24-13-11-21(18-26(24)28)16-19(2)22-8-5-4-6-9-22/h4-6,8-15,17-19H,3,7,16H2,1-2H3/t19-/m1/s1. The average molecular weight is 376 g/mol. The molecule has 3 rings (SSSR count). The van der Waals surface area contributed by atoms with Gasteiger partial charge in [-0.15, -0.1) is 0 Å². The van der Waals surface area contributed by atoms with E-state index in [1.807, 2.05) is 30.3 Å². The highest BCUT2D eigenvalue weighted by Crippen LogP contribution is 2.23. The summed E-state index contributed by atoms with van der Waals surface area (Å²) >= 11 is 0. The highest BCUT2D eigenvalue weighted by atomic mass is 19.1. The van der Waals surface area contributed by atoms with Crippen LogP contribution in [0.25, 0.3) is 12.2 Å². The van der Waals surface area contributed by atoms with Crippen molar-refractivity contribution in [1.82, 2.24) is 0 Å². The zero-order valence-corrected chi connectivity index (χ0v) is 16.5. The van der Waals surface area contributed by atoms with Crippen LogP contribution in [0.15, 0.2) is 66.7 Å². The summed E-state index contributed by atoms with van der Waals surface area (Å²) in [4.78, 5) is 0. The molecular formula is C26H26F2. The maximum Gasteiger partial charge on any atom is 0.130 e. The van der Waals surface area contributed by atoms with E-state index in [0.29, 0.717) is 17.0 Å². The van der Waals surface area contributed by atoms with E-state index >= 15 is 0 Å². The van der Waals surface area contributed by atoms with Crippen LogP contribution in [0.5, 0.6) is 0 Å². The normalized spacial score (nSPS) is 12.4. The molecule has 3 aromatic rings. The highest BCUT2D eigenvalue weighted by molar-refractivity contribution is 5.70. The van der Waals surface area contributed by atoms with E-state index in [4.69, 9.17) is 0 Å². The third-order valence-electron chi connectivity index (χ3n) is 5.02. The molecule has 0 radical (unpaired) electrons. The molecule has 0 aliphatic heterocycles. The van der Waals surface area contributed by atoms with Gasteiger partial charge in [-0.2, -0.15) is 0 Å². The molecule has 0 bridgehead atoms. The average Bonchev–Trinajstić information content (AvgIpc) is 2.69. The molecule has 0 N–H and O–H groups in total. The number of aryl methyl sites for hydroxylation is 1. The van der Waals surface area contributed by atoms with Crippen LogP contribution < -0.4 is 0 Å². The van der Waals surface area contributed by atoms with Crippen molar-refractivity contribution in [2.24, 2.45) is 0 Å². The number of hydrogen-bond donors (Lipinski definition) is 0. The quantitative estimate of drug-likeness (QED) is 0.376. The Hall–Kier alpha value is -2.74. The summed E-state index contributed by atoms with van der Waals surface area (Å²) in [6, 6.07) is 20.8. The third-order valence-corrected chi connectivity index (χ3v) is 5.02. The van der Waals surface area contributed by atoms with E-state index in [-0.39, 0.29) is 11.6 Å². The van der Waals surface area contributed by atoms with Crippen LogP contribution in [0.4, 0.5) is 8.78 Å². The van der Waals surface area contributed by atoms with Crippen molar-refractivity contribution in [3.63, 3.8) is 0 Å². The molecule has 28 heavy (non-hydrogen) atoms. The maximum atomic E-state index is 14.5. The van der Waals surface area contributed by atoms with Gasteiger partial charge in [0, 0.05) is 11.1 Å². The van der Waals surface area contributed by atoms with Crippen molar-refractivity contribution in [1.29, 1.82) is 0 Å². The third kappa shape index (κ3) is 5.16. The molecule has 0 aromatic heterocycles. The fourth-order valence-electron chi connectivity index (χ4n) is 3.42. The first-order valence-electron chi connectivity index (χ1n) is 9.86. The Bertz CT molecular complexity index is 942. The Labute approximate surface area is 166 Å². The summed E-state index contributed by atoms with van der Waals surface area (Å²) in [5, 5.41) is 0. The van der Waals surface area contributed by atoms with E-state index in [0.717, 1.165) is 30.4 Å². The lowest BCUT2D eigenvalue weighted by molar-refractivity contribution is 0.619. The van der Waals surface area contributed by atoms with Crippen LogP contribution in [-0.4, -0.2) is 0 Å². The molecule has 0 saturated heterocycles. The lowest BCUT2D eigenvalue weighted by atomic mass is 9.93. The molecule has 2 heteroatoms. The van der Waals surface area contributed by atoms with Gasteiger partial charge in [0.05, 0.1) is 0 Å². The zero-order chi connectivity index (χ0) is 19.9. The van der Waals surface area contributed by atoms with Gasteiger partial charge in [-0.3, -0.25) is 0 Å². The maximum absolute atomic E-state index is 14.5. The molecule has 0 amide bonds. The smallest absolute Gasteiger partial charge is 0.130 e. The van der Waals surface area contributed by atoms with Crippen LogP contribution in [-0.2, 0) is 12.8 Å². The monoisotopic (exact) mass is 376 g/mol. The van der Waals surface area contributed by atoms with E-state index in [2.05, 4.69) is 26.0 Å². The predicted octanol–water partition coefficient (Wildman–Crippen LogP) is 7.43. The number of halogens is 2. The summed E-state index contributed by atoms with van der Waals surface area (Å²) in [6.45, 7) is 4.21. The van der Waals surface area contributed by atoms with Crippen LogP contribution >= 0.6 is 0 Å². The van der Waals surface area contributed by atoms with Crippen molar-refractivity contribution >= 4 is 12.2 Å². The number of benzene rings is 3. The van der Waals surface area contributed by atoms with Gasteiger partial charge < -0.3 is 0 Å². The first-order chi connectivity index (χ1) is 13.6. The van der Waals surface area contributed by atoms with Gasteiger partial charge in [-0.1, -0.05) is 87.0 Å². The molecule has 144 valence electrons. The van der Waals surface area contributed by atoms with Gasteiger partial charge in [0.1, 0.15) is 11.6 Å². The molecule has 0 aliphatic carbocycles. The van der Waals surface area contributed by atoms with E-state index < -0.39 is 0 Å². The second kappa shape index (κ2) is 9.45. The molecule has 0 nitrogen and oxygen atoms in total. The molecule has 0 aliphatic rings. The second-order valence-corrected chi connectivity index (χ2v) is 7.31. The van der Waals surface area contributed by atoms with Crippen molar-refractivity contribution in [3.05, 3.63) is 106 Å². The molecule has 0 heterocycles. The van der Waals surface area contributed by atoms with Crippen LogP contribution in [0.1, 0.15) is 54.0 Å². The van der Waals surface area contributed by atoms with Gasteiger partial charge in [-0.05, 0) is 47.6 Å². The Kier molecular flexibility index (Phi) is 6.76. The van der Waals surface area contributed by atoms with Crippen molar-refractivity contribution in [2.45, 2.75) is 39.0 Å². The first-order valence-corrected chi connectivity index (χ1v) is 9.86. The number of rotatable bonds is 7. The molecule has 0 fully saturated rings. The van der Waals surface area contributed by atoms with Gasteiger partial charge in [-0.25, -0.2) is 8.78 Å². The van der Waals surface area contributed by atoms with Gasteiger partial charge >= 0.3 is 0 Å². The summed E-state index contributed by atoms with van der Waals surface area (Å²) in [7, 11) is 0. The Morgan fingerprint density at radius 3 is 1.93 bits per heavy atom. The Morgan fingerprint density at radius 2 is 1.36 bits per heavy atom. The minimum absolute atomic E-state index is 0.268. The van der Waals surface area contributed by atoms with Crippen molar-refractivity contribution in [2.75, 3.05) is 0 Å². The van der Waals surface area contributed by atoms with Crippen molar-refractivity contribution in [3.8, 4) is 0 Å². The molecule has 3 aromatic carbocycles. The molecular weight excluding hydrogens is 350 g/mol. The highest BCUT2D eigenvalue weighted by Gasteiger charge is 2.08. The lowest BCUT2D eigenvalue weighted by Gasteiger charge is -2.12. The van der Waals surface area contributed by atoms with Crippen molar-refractivity contribution < 1.29 is 8.78 Å². The SMILES string of the molecule is CCCc1ccc(C=Cc2ccc(C[C@@H](C)c3ccccc3)cc2F)c(F)c1. The Balaban J connectivity index is 1.71.